The number of aryl methyl sites for hydroxylation is 1. The summed E-state index contributed by atoms with van der Waals surface area (Å²) in [4.78, 5) is 26.8. The van der Waals surface area contributed by atoms with Crippen molar-refractivity contribution in [1.29, 1.82) is 0 Å². The Kier molecular flexibility index (Phi) is 4.14. The molecule has 1 aromatic carbocycles. The molecular weight excluding hydrogens is 276 g/mol. The average molecular weight is 290 g/mol. The SMILES string of the molecule is Cc1ccccc1-c1nc(C(=O)NC(C)C(=O)O)cs1. The molecule has 2 rings (SSSR count). The average Bonchev–Trinajstić information content (AvgIpc) is 2.88. The van der Waals surface area contributed by atoms with Crippen LogP contribution >= 0.6 is 11.3 Å². The first kappa shape index (κ1) is 14.2. The van der Waals surface area contributed by atoms with Gasteiger partial charge in [0, 0.05) is 10.9 Å². The topological polar surface area (TPSA) is 79.3 Å². The van der Waals surface area contributed by atoms with E-state index in [1.807, 2.05) is 31.2 Å². The number of nitrogens with zero attached hydrogens (tertiary/aromatic N) is 1. The molecule has 1 heterocycles. The molecule has 1 atom stereocenters. The third-order valence-electron chi connectivity index (χ3n) is 2.83. The van der Waals surface area contributed by atoms with E-state index in [9.17, 15) is 9.59 Å². The number of hydrogen-bond donors (Lipinski definition) is 2. The van der Waals surface area contributed by atoms with Crippen molar-refractivity contribution in [3.63, 3.8) is 0 Å². The Morgan fingerprint density at radius 3 is 2.70 bits per heavy atom. The van der Waals surface area contributed by atoms with Crippen molar-refractivity contribution < 1.29 is 14.7 Å². The fourth-order valence-electron chi connectivity index (χ4n) is 1.65. The van der Waals surface area contributed by atoms with Gasteiger partial charge in [-0.25, -0.2) is 4.98 Å². The smallest absolute Gasteiger partial charge is 0.325 e. The van der Waals surface area contributed by atoms with E-state index >= 15 is 0 Å². The minimum atomic E-state index is -1.08. The van der Waals surface area contributed by atoms with Gasteiger partial charge >= 0.3 is 5.97 Å². The lowest BCUT2D eigenvalue weighted by molar-refractivity contribution is -0.138. The van der Waals surface area contributed by atoms with Crippen LogP contribution in [0, 0.1) is 6.92 Å². The van der Waals surface area contributed by atoms with E-state index in [1.54, 1.807) is 5.38 Å². The number of carbonyl (C=O) groups excluding carboxylic acids is 1. The highest BCUT2D eigenvalue weighted by atomic mass is 32.1. The lowest BCUT2D eigenvalue weighted by Gasteiger charge is -2.07. The maximum Gasteiger partial charge on any atom is 0.325 e. The third-order valence-corrected chi connectivity index (χ3v) is 3.71. The van der Waals surface area contributed by atoms with Crippen LogP contribution in [0.15, 0.2) is 29.6 Å². The van der Waals surface area contributed by atoms with Gasteiger partial charge in [0.2, 0.25) is 0 Å². The van der Waals surface area contributed by atoms with Gasteiger partial charge in [-0.2, -0.15) is 0 Å². The van der Waals surface area contributed by atoms with Gasteiger partial charge in [-0.05, 0) is 19.4 Å². The highest BCUT2D eigenvalue weighted by Crippen LogP contribution is 2.26. The molecule has 0 spiro atoms. The minimum Gasteiger partial charge on any atom is -0.480 e. The normalized spacial score (nSPS) is 11.9. The van der Waals surface area contributed by atoms with E-state index in [4.69, 9.17) is 5.11 Å². The molecule has 1 amide bonds. The summed E-state index contributed by atoms with van der Waals surface area (Å²) in [5.41, 5.74) is 2.29. The molecule has 0 aliphatic carbocycles. The van der Waals surface area contributed by atoms with E-state index in [1.165, 1.54) is 18.3 Å². The summed E-state index contributed by atoms with van der Waals surface area (Å²) in [5.74, 6) is -1.55. The monoisotopic (exact) mass is 290 g/mol. The molecule has 0 saturated heterocycles. The molecule has 2 aromatic rings. The summed E-state index contributed by atoms with van der Waals surface area (Å²) in [6.07, 6.45) is 0. The quantitative estimate of drug-likeness (QED) is 0.905. The van der Waals surface area contributed by atoms with Crippen LogP contribution in [0.1, 0.15) is 23.0 Å². The summed E-state index contributed by atoms with van der Waals surface area (Å²) >= 11 is 1.36. The Balaban J connectivity index is 2.19. The number of aliphatic carboxylic acids is 1. The lowest BCUT2D eigenvalue weighted by Crippen LogP contribution is -2.38. The Labute approximate surface area is 120 Å². The van der Waals surface area contributed by atoms with Crippen molar-refractivity contribution in [2.75, 3.05) is 0 Å². The predicted octanol–water partition coefficient (Wildman–Crippen LogP) is 2.32. The van der Waals surface area contributed by atoms with Crippen LogP contribution in [0.5, 0.6) is 0 Å². The summed E-state index contributed by atoms with van der Waals surface area (Å²) in [6, 6.07) is 6.83. The zero-order valence-corrected chi connectivity index (χ0v) is 11.9. The fraction of sp³-hybridized carbons (Fsp3) is 0.214. The number of amides is 1. The molecule has 6 heteroatoms. The van der Waals surface area contributed by atoms with Crippen LogP contribution in [-0.4, -0.2) is 28.0 Å². The van der Waals surface area contributed by atoms with E-state index in [-0.39, 0.29) is 5.69 Å². The molecule has 1 aromatic heterocycles. The van der Waals surface area contributed by atoms with Crippen LogP contribution in [-0.2, 0) is 4.79 Å². The largest absolute Gasteiger partial charge is 0.480 e. The standard InChI is InChI=1S/C14H14N2O3S/c1-8-5-3-4-6-10(8)13-16-11(7-20-13)12(17)15-9(2)14(18)19/h3-7,9H,1-2H3,(H,15,17)(H,18,19). The second-order valence-electron chi connectivity index (χ2n) is 4.39. The highest BCUT2D eigenvalue weighted by molar-refractivity contribution is 7.13. The van der Waals surface area contributed by atoms with Crippen LogP contribution in [0.2, 0.25) is 0 Å². The van der Waals surface area contributed by atoms with Crippen molar-refractivity contribution in [1.82, 2.24) is 10.3 Å². The maximum absolute atomic E-state index is 11.9. The molecule has 0 bridgehead atoms. The molecular formula is C14H14N2O3S. The van der Waals surface area contributed by atoms with E-state index in [0.717, 1.165) is 16.1 Å². The van der Waals surface area contributed by atoms with E-state index < -0.39 is 17.9 Å². The van der Waals surface area contributed by atoms with E-state index in [2.05, 4.69) is 10.3 Å². The molecule has 5 nitrogen and oxygen atoms in total. The van der Waals surface area contributed by atoms with Crippen molar-refractivity contribution >= 4 is 23.2 Å². The number of carboxylic acid groups (broad SMARTS) is 1. The zero-order chi connectivity index (χ0) is 14.7. The van der Waals surface area contributed by atoms with Gasteiger partial charge in [0.1, 0.15) is 16.7 Å². The zero-order valence-electron chi connectivity index (χ0n) is 11.1. The van der Waals surface area contributed by atoms with Gasteiger partial charge in [-0.15, -0.1) is 11.3 Å². The summed E-state index contributed by atoms with van der Waals surface area (Å²) in [5, 5.41) is 13.5. The maximum atomic E-state index is 11.9. The lowest BCUT2D eigenvalue weighted by atomic mass is 10.1. The first-order valence-electron chi connectivity index (χ1n) is 6.04. The number of carbonyl (C=O) groups is 2. The summed E-state index contributed by atoms with van der Waals surface area (Å²) in [7, 11) is 0. The molecule has 0 aliphatic rings. The number of rotatable bonds is 4. The molecule has 1 unspecified atom stereocenters. The Morgan fingerprint density at radius 2 is 2.05 bits per heavy atom. The predicted molar refractivity (Wildman–Crippen MR) is 76.9 cm³/mol. The van der Waals surface area contributed by atoms with Crippen molar-refractivity contribution in [3.8, 4) is 10.6 Å². The van der Waals surface area contributed by atoms with Crippen LogP contribution in [0.3, 0.4) is 0 Å². The number of benzene rings is 1. The van der Waals surface area contributed by atoms with Gasteiger partial charge in [0.25, 0.3) is 5.91 Å². The van der Waals surface area contributed by atoms with Crippen molar-refractivity contribution in [2.45, 2.75) is 19.9 Å². The molecule has 0 saturated carbocycles. The number of carboxylic acids is 1. The summed E-state index contributed by atoms with van der Waals surface area (Å²) < 4.78 is 0. The Hall–Kier alpha value is -2.21. The summed E-state index contributed by atoms with van der Waals surface area (Å²) in [6.45, 7) is 3.39. The molecule has 0 aliphatic heterocycles. The van der Waals surface area contributed by atoms with Gasteiger partial charge in [-0.3, -0.25) is 9.59 Å². The van der Waals surface area contributed by atoms with Gasteiger partial charge < -0.3 is 10.4 Å². The Morgan fingerprint density at radius 1 is 1.35 bits per heavy atom. The van der Waals surface area contributed by atoms with Crippen LogP contribution < -0.4 is 5.32 Å². The van der Waals surface area contributed by atoms with Crippen LogP contribution in [0.4, 0.5) is 0 Å². The van der Waals surface area contributed by atoms with Gasteiger partial charge in [0.05, 0.1) is 0 Å². The van der Waals surface area contributed by atoms with Crippen molar-refractivity contribution in [2.24, 2.45) is 0 Å². The second-order valence-corrected chi connectivity index (χ2v) is 5.24. The minimum absolute atomic E-state index is 0.237. The Bertz CT molecular complexity index is 651. The van der Waals surface area contributed by atoms with Gasteiger partial charge in [0.15, 0.2) is 0 Å². The van der Waals surface area contributed by atoms with Crippen LogP contribution in [0.25, 0.3) is 10.6 Å². The first-order valence-corrected chi connectivity index (χ1v) is 6.92. The highest BCUT2D eigenvalue weighted by Gasteiger charge is 2.18. The van der Waals surface area contributed by atoms with Crippen molar-refractivity contribution in [3.05, 3.63) is 40.9 Å². The molecule has 0 fully saturated rings. The fourth-order valence-corrected chi connectivity index (χ4v) is 2.54. The number of thiazole rings is 1. The third kappa shape index (κ3) is 3.03. The first-order chi connectivity index (χ1) is 9.49. The molecule has 104 valence electrons. The van der Waals surface area contributed by atoms with Gasteiger partial charge in [-0.1, -0.05) is 24.3 Å². The molecule has 20 heavy (non-hydrogen) atoms. The number of nitrogens with one attached hydrogen (secondary N) is 1. The van der Waals surface area contributed by atoms with E-state index in [0.29, 0.717) is 0 Å². The number of hydrogen-bond acceptors (Lipinski definition) is 4. The molecule has 2 N–H and O–H groups in total. The molecule has 0 radical (unpaired) electrons. The number of aromatic nitrogens is 1. The second kappa shape index (κ2) is 5.83.